The SMILES string of the molecule is C=CCCN(CC(O)CNC(=O)O)S(=O)O. The Morgan fingerprint density at radius 1 is 1.62 bits per heavy atom. The lowest BCUT2D eigenvalue weighted by atomic mass is 10.3. The highest BCUT2D eigenvalue weighted by Gasteiger charge is 2.15. The number of carbonyl (C=O) groups is 1. The van der Waals surface area contributed by atoms with Gasteiger partial charge in [-0.15, -0.1) is 6.58 Å². The van der Waals surface area contributed by atoms with Gasteiger partial charge in [0.1, 0.15) is 0 Å². The monoisotopic (exact) mass is 252 g/mol. The first-order valence-corrected chi connectivity index (χ1v) is 5.65. The van der Waals surface area contributed by atoms with Crippen LogP contribution in [0.5, 0.6) is 0 Å². The van der Waals surface area contributed by atoms with Gasteiger partial charge in [-0.25, -0.2) is 9.00 Å². The first-order chi connectivity index (χ1) is 7.47. The molecule has 0 aliphatic rings. The maximum absolute atomic E-state index is 10.8. The lowest BCUT2D eigenvalue weighted by molar-refractivity contribution is 0.137. The topological polar surface area (TPSA) is 110 Å². The Labute approximate surface area is 96.2 Å². The van der Waals surface area contributed by atoms with E-state index in [1.165, 1.54) is 0 Å². The highest BCUT2D eigenvalue weighted by molar-refractivity contribution is 7.76. The van der Waals surface area contributed by atoms with E-state index in [1.54, 1.807) is 6.08 Å². The second kappa shape index (κ2) is 8.22. The lowest BCUT2D eigenvalue weighted by Gasteiger charge is -2.20. The van der Waals surface area contributed by atoms with Gasteiger partial charge in [-0.2, -0.15) is 4.31 Å². The fraction of sp³-hybridized carbons (Fsp3) is 0.625. The van der Waals surface area contributed by atoms with Gasteiger partial charge in [0.25, 0.3) is 0 Å². The summed E-state index contributed by atoms with van der Waals surface area (Å²) in [4.78, 5) is 10.1. The number of aliphatic hydroxyl groups excluding tert-OH is 1. The number of aliphatic hydroxyl groups is 1. The summed E-state index contributed by atoms with van der Waals surface area (Å²) in [6.07, 6.45) is -0.188. The summed E-state index contributed by atoms with van der Waals surface area (Å²) in [6, 6.07) is 0. The molecule has 7 nitrogen and oxygen atoms in total. The minimum absolute atomic E-state index is 0.0861. The van der Waals surface area contributed by atoms with E-state index in [4.69, 9.17) is 9.66 Å². The number of nitrogens with zero attached hydrogens (tertiary/aromatic N) is 1. The molecule has 0 aromatic carbocycles. The Hall–Kier alpha value is -0.960. The van der Waals surface area contributed by atoms with Gasteiger partial charge in [-0.1, -0.05) is 6.08 Å². The Bertz CT molecular complexity index is 261. The Kier molecular flexibility index (Phi) is 7.73. The molecule has 0 bridgehead atoms. The number of nitrogens with one attached hydrogen (secondary N) is 1. The zero-order valence-electron chi connectivity index (χ0n) is 8.70. The average Bonchev–Trinajstić information content (AvgIpc) is 2.20. The van der Waals surface area contributed by atoms with Gasteiger partial charge in [0.05, 0.1) is 6.10 Å². The smallest absolute Gasteiger partial charge is 0.404 e. The third-order valence-corrected chi connectivity index (χ3v) is 2.48. The maximum Gasteiger partial charge on any atom is 0.404 e. The molecule has 0 saturated carbocycles. The molecule has 94 valence electrons. The minimum Gasteiger partial charge on any atom is -0.465 e. The molecule has 2 atom stereocenters. The van der Waals surface area contributed by atoms with Gasteiger partial charge in [-0.05, 0) is 6.42 Å². The van der Waals surface area contributed by atoms with E-state index in [0.29, 0.717) is 6.42 Å². The summed E-state index contributed by atoms with van der Waals surface area (Å²) in [6.45, 7) is 3.48. The quantitative estimate of drug-likeness (QED) is 0.348. The molecule has 1 amide bonds. The van der Waals surface area contributed by atoms with Crippen LogP contribution in [0.1, 0.15) is 6.42 Å². The molecule has 0 spiro atoms. The second-order valence-electron chi connectivity index (χ2n) is 3.04. The van der Waals surface area contributed by atoms with Crippen LogP contribution in [0.25, 0.3) is 0 Å². The molecule has 0 rings (SSSR count). The fourth-order valence-electron chi connectivity index (χ4n) is 0.973. The van der Waals surface area contributed by atoms with Crippen LogP contribution in [0, 0.1) is 0 Å². The second-order valence-corrected chi connectivity index (χ2v) is 4.01. The van der Waals surface area contributed by atoms with Crippen LogP contribution in [0.4, 0.5) is 4.79 Å². The van der Waals surface area contributed by atoms with E-state index in [0.717, 1.165) is 4.31 Å². The van der Waals surface area contributed by atoms with Crippen LogP contribution in [-0.4, -0.2) is 55.1 Å². The van der Waals surface area contributed by atoms with Gasteiger partial charge in [-0.3, -0.25) is 4.55 Å². The molecule has 0 aliphatic carbocycles. The minimum atomic E-state index is -2.19. The Morgan fingerprint density at radius 3 is 2.69 bits per heavy atom. The fourth-order valence-corrected chi connectivity index (χ4v) is 1.53. The van der Waals surface area contributed by atoms with Crippen molar-refractivity contribution in [3.8, 4) is 0 Å². The van der Waals surface area contributed by atoms with E-state index in [1.807, 2.05) is 5.32 Å². The molecule has 0 radical (unpaired) electrons. The summed E-state index contributed by atoms with van der Waals surface area (Å²) < 4.78 is 20.8. The number of hydrogen-bond acceptors (Lipinski definition) is 3. The van der Waals surface area contributed by atoms with Gasteiger partial charge in [0.15, 0.2) is 0 Å². The summed E-state index contributed by atoms with van der Waals surface area (Å²) in [5, 5.41) is 19.7. The highest BCUT2D eigenvalue weighted by atomic mass is 32.2. The lowest BCUT2D eigenvalue weighted by Crippen LogP contribution is -2.40. The van der Waals surface area contributed by atoms with Gasteiger partial charge in [0.2, 0.25) is 11.3 Å². The molecule has 4 N–H and O–H groups in total. The number of rotatable bonds is 8. The van der Waals surface area contributed by atoms with Crippen molar-refractivity contribution in [3.63, 3.8) is 0 Å². The molecular weight excluding hydrogens is 236 g/mol. The molecule has 0 aromatic rings. The number of hydrogen-bond donors (Lipinski definition) is 4. The van der Waals surface area contributed by atoms with Crippen molar-refractivity contribution in [2.24, 2.45) is 0 Å². The van der Waals surface area contributed by atoms with E-state index in [9.17, 15) is 14.1 Å². The largest absolute Gasteiger partial charge is 0.465 e. The zero-order valence-corrected chi connectivity index (χ0v) is 9.52. The predicted octanol–water partition coefficient (Wildman–Crippen LogP) is -0.370. The summed E-state index contributed by atoms with van der Waals surface area (Å²) in [7, 11) is 0. The Morgan fingerprint density at radius 2 is 2.25 bits per heavy atom. The predicted molar refractivity (Wildman–Crippen MR) is 59.2 cm³/mol. The molecule has 0 saturated heterocycles. The van der Waals surface area contributed by atoms with E-state index in [-0.39, 0.29) is 19.6 Å². The summed E-state index contributed by atoms with van der Waals surface area (Å²) in [5.41, 5.74) is 0. The molecule has 0 aliphatic heterocycles. The van der Waals surface area contributed by atoms with Crippen LogP contribution in [0.15, 0.2) is 12.7 Å². The third-order valence-electron chi connectivity index (χ3n) is 1.71. The van der Waals surface area contributed by atoms with E-state index in [2.05, 4.69) is 6.58 Å². The van der Waals surface area contributed by atoms with E-state index < -0.39 is 23.5 Å². The Balaban J connectivity index is 4.01. The average molecular weight is 252 g/mol. The molecule has 8 heteroatoms. The molecular formula is C8H16N2O5S. The molecule has 0 aromatic heterocycles. The molecule has 2 unspecified atom stereocenters. The highest BCUT2D eigenvalue weighted by Crippen LogP contribution is 1.98. The number of carboxylic acid groups (broad SMARTS) is 1. The van der Waals surface area contributed by atoms with Crippen LogP contribution in [0.2, 0.25) is 0 Å². The van der Waals surface area contributed by atoms with Gasteiger partial charge >= 0.3 is 6.09 Å². The van der Waals surface area contributed by atoms with E-state index >= 15 is 0 Å². The van der Waals surface area contributed by atoms with Crippen molar-refractivity contribution < 1.29 is 23.8 Å². The zero-order chi connectivity index (χ0) is 12.6. The van der Waals surface area contributed by atoms with Crippen molar-refractivity contribution in [3.05, 3.63) is 12.7 Å². The van der Waals surface area contributed by atoms with Crippen molar-refractivity contribution in [1.82, 2.24) is 9.62 Å². The van der Waals surface area contributed by atoms with Crippen LogP contribution >= 0.6 is 0 Å². The van der Waals surface area contributed by atoms with Crippen molar-refractivity contribution >= 4 is 17.4 Å². The first kappa shape index (κ1) is 15.0. The van der Waals surface area contributed by atoms with Crippen LogP contribution < -0.4 is 5.32 Å². The normalized spacial score (nSPS) is 14.4. The molecule has 16 heavy (non-hydrogen) atoms. The van der Waals surface area contributed by atoms with Crippen molar-refractivity contribution in [2.45, 2.75) is 12.5 Å². The summed E-state index contributed by atoms with van der Waals surface area (Å²) in [5.74, 6) is 0. The standard InChI is InChI=1S/C8H16N2O5S/c1-2-3-4-10(16(14)15)6-7(11)5-9-8(12)13/h2,7,9,11H,1,3-6H2,(H,12,13)(H,14,15). The van der Waals surface area contributed by atoms with Crippen molar-refractivity contribution in [1.29, 1.82) is 0 Å². The van der Waals surface area contributed by atoms with Crippen molar-refractivity contribution in [2.75, 3.05) is 19.6 Å². The van der Waals surface area contributed by atoms with Gasteiger partial charge < -0.3 is 15.5 Å². The molecule has 0 fully saturated rings. The van der Waals surface area contributed by atoms with Crippen LogP contribution in [0.3, 0.4) is 0 Å². The maximum atomic E-state index is 10.8. The van der Waals surface area contributed by atoms with Crippen LogP contribution in [-0.2, 0) is 11.3 Å². The first-order valence-electron chi connectivity index (χ1n) is 4.59. The number of amides is 1. The molecule has 0 heterocycles. The summed E-state index contributed by atoms with van der Waals surface area (Å²) >= 11 is -2.19. The third kappa shape index (κ3) is 7.35. The van der Waals surface area contributed by atoms with Gasteiger partial charge in [0, 0.05) is 19.6 Å².